The molecule has 1 amide bonds. The minimum absolute atomic E-state index is 0.0694. The highest BCUT2D eigenvalue weighted by Gasteiger charge is 2.13. The summed E-state index contributed by atoms with van der Waals surface area (Å²) in [4.78, 5) is 11.9. The van der Waals surface area contributed by atoms with E-state index in [2.05, 4.69) is 5.32 Å². The topological polar surface area (TPSA) is 52.6 Å². The summed E-state index contributed by atoms with van der Waals surface area (Å²) in [5.74, 6) is -0.361. The molecule has 19 heavy (non-hydrogen) atoms. The van der Waals surface area contributed by atoms with Gasteiger partial charge in [0, 0.05) is 5.56 Å². The average molecular weight is 272 g/mol. The van der Waals surface area contributed by atoms with Gasteiger partial charge in [0.2, 0.25) is 5.11 Å². The third-order valence-electron chi connectivity index (χ3n) is 2.45. The minimum Gasteiger partial charge on any atom is -0.297 e. The zero-order valence-corrected chi connectivity index (χ0v) is 10.8. The molecular formula is C14H12N2O2S. The number of rotatable bonds is 2. The third kappa shape index (κ3) is 3.37. The Balaban J connectivity index is 2.04. The molecule has 2 rings (SSSR count). The molecular weight excluding hydrogens is 260 g/mol. The molecule has 0 saturated carbocycles. The summed E-state index contributed by atoms with van der Waals surface area (Å²) in [5.41, 5.74) is 0.965. The van der Waals surface area contributed by atoms with Gasteiger partial charge >= 0.3 is 0 Å². The summed E-state index contributed by atoms with van der Waals surface area (Å²) >= 11 is 4.98. The summed E-state index contributed by atoms with van der Waals surface area (Å²) in [6.45, 7) is 0. The van der Waals surface area contributed by atoms with Gasteiger partial charge in [-0.15, -0.1) is 0 Å². The van der Waals surface area contributed by atoms with Gasteiger partial charge in [-0.25, -0.2) is 0 Å². The highest BCUT2D eigenvalue weighted by Crippen LogP contribution is 2.11. The molecule has 2 aromatic rings. The SMILES string of the molecule is O=C(NC(=S)N(O)c1ccccc1)c1ccccc1. The molecule has 0 spiro atoms. The molecule has 2 N–H and O–H groups in total. The van der Waals surface area contributed by atoms with E-state index in [-0.39, 0.29) is 11.0 Å². The standard InChI is InChI=1S/C14H12N2O2S/c17-13(11-7-3-1-4-8-11)15-14(19)16(18)12-9-5-2-6-10-12/h1-10,18H,(H,15,17,19). The smallest absolute Gasteiger partial charge is 0.257 e. The molecule has 0 aliphatic carbocycles. The van der Waals surface area contributed by atoms with Crippen molar-refractivity contribution >= 4 is 28.9 Å². The van der Waals surface area contributed by atoms with Crippen LogP contribution in [-0.4, -0.2) is 16.2 Å². The lowest BCUT2D eigenvalue weighted by Gasteiger charge is -2.17. The second kappa shape index (κ2) is 6.08. The predicted octanol–water partition coefficient (Wildman–Crippen LogP) is 2.60. The van der Waals surface area contributed by atoms with Crippen LogP contribution in [0.1, 0.15) is 10.4 Å². The average Bonchev–Trinajstić information content (AvgIpc) is 2.48. The molecule has 96 valence electrons. The Morgan fingerprint density at radius 2 is 1.53 bits per heavy atom. The maximum atomic E-state index is 11.9. The van der Waals surface area contributed by atoms with Gasteiger partial charge in [-0.2, -0.15) is 5.06 Å². The summed E-state index contributed by atoms with van der Waals surface area (Å²) in [7, 11) is 0. The Morgan fingerprint density at radius 1 is 1.00 bits per heavy atom. The molecule has 0 heterocycles. The molecule has 0 aromatic heterocycles. The van der Waals surface area contributed by atoms with Crippen molar-refractivity contribution in [2.24, 2.45) is 0 Å². The molecule has 0 radical (unpaired) electrons. The fourth-order valence-electron chi connectivity index (χ4n) is 1.50. The number of carbonyl (C=O) groups excluding carboxylic acids is 1. The fourth-order valence-corrected chi connectivity index (χ4v) is 1.70. The van der Waals surface area contributed by atoms with Gasteiger partial charge in [0.1, 0.15) is 0 Å². The Labute approximate surface area is 116 Å². The van der Waals surface area contributed by atoms with Crippen molar-refractivity contribution in [2.75, 3.05) is 5.06 Å². The highest BCUT2D eigenvalue weighted by atomic mass is 32.1. The zero-order valence-electron chi connectivity index (χ0n) is 9.98. The molecule has 0 unspecified atom stereocenters. The van der Waals surface area contributed by atoms with E-state index in [9.17, 15) is 10.0 Å². The van der Waals surface area contributed by atoms with E-state index < -0.39 is 0 Å². The predicted molar refractivity (Wildman–Crippen MR) is 77.2 cm³/mol. The maximum Gasteiger partial charge on any atom is 0.257 e. The van der Waals surface area contributed by atoms with E-state index in [1.165, 1.54) is 0 Å². The van der Waals surface area contributed by atoms with Crippen LogP contribution in [0, 0.1) is 0 Å². The van der Waals surface area contributed by atoms with Crippen LogP contribution >= 0.6 is 12.2 Å². The van der Waals surface area contributed by atoms with Gasteiger partial charge in [0.05, 0.1) is 5.69 Å². The van der Waals surface area contributed by atoms with E-state index >= 15 is 0 Å². The second-order valence-electron chi connectivity index (χ2n) is 3.77. The number of hydroxylamine groups is 1. The molecule has 0 aliphatic rings. The maximum absolute atomic E-state index is 11.9. The number of amides is 1. The van der Waals surface area contributed by atoms with E-state index in [1.807, 2.05) is 12.1 Å². The monoisotopic (exact) mass is 272 g/mol. The Bertz CT molecular complexity index is 573. The third-order valence-corrected chi connectivity index (χ3v) is 2.72. The fraction of sp³-hybridized carbons (Fsp3) is 0. The summed E-state index contributed by atoms with van der Waals surface area (Å²) in [5, 5.41) is 13.0. The van der Waals surface area contributed by atoms with Gasteiger partial charge in [0.15, 0.2) is 0 Å². The van der Waals surface area contributed by atoms with Crippen molar-refractivity contribution < 1.29 is 10.0 Å². The van der Waals surface area contributed by atoms with Gasteiger partial charge < -0.3 is 0 Å². The molecule has 2 aromatic carbocycles. The van der Waals surface area contributed by atoms with Crippen LogP contribution in [-0.2, 0) is 0 Å². The normalized spacial score (nSPS) is 9.74. The van der Waals surface area contributed by atoms with Crippen LogP contribution in [0.25, 0.3) is 0 Å². The Morgan fingerprint density at radius 3 is 2.11 bits per heavy atom. The molecule has 0 bridgehead atoms. The van der Waals surface area contributed by atoms with Crippen LogP contribution in [0.4, 0.5) is 5.69 Å². The van der Waals surface area contributed by atoms with E-state index in [4.69, 9.17) is 12.2 Å². The lowest BCUT2D eigenvalue weighted by Crippen LogP contribution is -2.41. The summed E-state index contributed by atoms with van der Waals surface area (Å²) < 4.78 is 0. The number of hydrogen-bond donors (Lipinski definition) is 2. The van der Waals surface area contributed by atoms with Gasteiger partial charge in [-0.1, -0.05) is 36.4 Å². The van der Waals surface area contributed by atoms with E-state index in [0.717, 1.165) is 5.06 Å². The molecule has 5 heteroatoms. The first-order valence-corrected chi connectivity index (χ1v) is 6.04. The largest absolute Gasteiger partial charge is 0.297 e. The quantitative estimate of drug-likeness (QED) is 0.652. The molecule has 0 aliphatic heterocycles. The first-order valence-electron chi connectivity index (χ1n) is 5.63. The summed E-state index contributed by atoms with van der Waals surface area (Å²) in [6.07, 6.45) is 0. The van der Waals surface area contributed by atoms with Crippen LogP contribution < -0.4 is 10.4 Å². The lowest BCUT2D eigenvalue weighted by molar-refractivity contribution is 0.0974. The number of thiocarbonyl (C=S) groups is 1. The number of carbonyl (C=O) groups is 1. The highest BCUT2D eigenvalue weighted by molar-refractivity contribution is 7.80. The van der Waals surface area contributed by atoms with Crippen LogP contribution in [0.15, 0.2) is 60.7 Å². The Hall–Kier alpha value is -2.24. The first-order chi connectivity index (χ1) is 9.18. The number of nitrogens with zero attached hydrogens (tertiary/aromatic N) is 1. The number of benzene rings is 2. The first kappa shape index (κ1) is 13.2. The summed E-state index contributed by atoms with van der Waals surface area (Å²) in [6, 6.07) is 17.4. The second-order valence-corrected chi connectivity index (χ2v) is 4.16. The molecule has 0 atom stereocenters. The molecule has 4 nitrogen and oxygen atoms in total. The Kier molecular flexibility index (Phi) is 4.22. The molecule has 0 saturated heterocycles. The van der Waals surface area contributed by atoms with Crippen molar-refractivity contribution in [1.82, 2.24) is 5.32 Å². The van der Waals surface area contributed by atoms with Crippen molar-refractivity contribution in [3.05, 3.63) is 66.2 Å². The van der Waals surface area contributed by atoms with Crippen molar-refractivity contribution in [3.63, 3.8) is 0 Å². The van der Waals surface area contributed by atoms with Crippen molar-refractivity contribution in [3.8, 4) is 0 Å². The van der Waals surface area contributed by atoms with Crippen LogP contribution in [0.3, 0.4) is 0 Å². The van der Waals surface area contributed by atoms with E-state index in [0.29, 0.717) is 11.3 Å². The molecule has 0 fully saturated rings. The number of nitrogens with one attached hydrogen (secondary N) is 1. The zero-order chi connectivity index (χ0) is 13.7. The number of anilines is 1. The number of hydrogen-bond acceptors (Lipinski definition) is 3. The van der Waals surface area contributed by atoms with Crippen molar-refractivity contribution in [1.29, 1.82) is 0 Å². The van der Waals surface area contributed by atoms with Gasteiger partial charge in [-0.05, 0) is 36.5 Å². The van der Waals surface area contributed by atoms with Crippen LogP contribution in [0.5, 0.6) is 0 Å². The number of para-hydroxylation sites is 1. The van der Waals surface area contributed by atoms with E-state index in [1.54, 1.807) is 48.5 Å². The lowest BCUT2D eigenvalue weighted by atomic mass is 10.2. The van der Waals surface area contributed by atoms with Crippen LogP contribution in [0.2, 0.25) is 0 Å². The van der Waals surface area contributed by atoms with Crippen molar-refractivity contribution in [2.45, 2.75) is 0 Å². The van der Waals surface area contributed by atoms with Gasteiger partial charge in [0.25, 0.3) is 5.91 Å². The minimum atomic E-state index is -0.361. The van der Waals surface area contributed by atoms with Gasteiger partial charge in [-0.3, -0.25) is 15.3 Å².